The van der Waals surface area contributed by atoms with Gasteiger partial charge in [0.1, 0.15) is 0 Å². The zero-order valence-electron chi connectivity index (χ0n) is 11.4. The van der Waals surface area contributed by atoms with Crippen molar-refractivity contribution in [2.75, 3.05) is 19.8 Å². The van der Waals surface area contributed by atoms with E-state index in [0.29, 0.717) is 13.2 Å². The second-order valence-corrected chi connectivity index (χ2v) is 6.03. The summed E-state index contributed by atoms with van der Waals surface area (Å²) in [7, 11) is 0. The number of carbonyl (C=O) groups is 1. The highest BCUT2D eigenvalue weighted by molar-refractivity contribution is 5.79. The van der Waals surface area contributed by atoms with E-state index in [2.05, 4.69) is 12.2 Å². The zero-order valence-corrected chi connectivity index (χ0v) is 11.4. The Balaban J connectivity index is 1.64. The highest BCUT2D eigenvalue weighted by Crippen LogP contribution is 2.30. The molecule has 0 radical (unpaired) electrons. The Labute approximate surface area is 110 Å². The van der Waals surface area contributed by atoms with Crippen LogP contribution in [0.15, 0.2) is 0 Å². The number of hydrogen-bond donors (Lipinski definition) is 2. The molecular weight excluding hydrogens is 228 g/mol. The third-order valence-corrected chi connectivity index (χ3v) is 4.36. The summed E-state index contributed by atoms with van der Waals surface area (Å²) < 4.78 is 5.22. The maximum absolute atomic E-state index is 11.9. The molecule has 4 nitrogen and oxygen atoms in total. The van der Waals surface area contributed by atoms with Gasteiger partial charge in [-0.3, -0.25) is 4.79 Å². The lowest BCUT2D eigenvalue weighted by Crippen LogP contribution is -2.41. The summed E-state index contributed by atoms with van der Waals surface area (Å²) in [6.45, 7) is 4.12. The summed E-state index contributed by atoms with van der Waals surface area (Å²) in [6.07, 6.45) is 6.48. The lowest BCUT2D eigenvalue weighted by atomic mass is 9.81. The van der Waals surface area contributed by atoms with Gasteiger partial charge in [-0.15, -0.1) is 0 Å². The van der Waals surface area contributed by atoms with Crippen molar-refractivity contribution in [1.82, 2.24) is 5.32 Å². The maximum atomic E-state index is 11.9. The largest absolute Gasteiger partial charge is 0.379 e. The highest BCUT2D eigenvalue weighted by atomic mass is 16.5. The van der Waals surface area contributed by atoms with Crippen LogP contribution in [0.3, 0.4) is 0 Å². The summed E-state index contributed by atoms with van der Waals surface area (Å²) in [5.74, 6) is 1.58. The van der Waals surface area contributed by atoms with Crippen LogP contribution in [0, 0.1) is 17.8 Å². The van der Waals surface area contributed by atoms with Gasteiger partial charge in [0.05, 0.1) is 19.1 Å². The van der Waals surface area contributed by atoms with Gasteiger partial charge in [-0.05, 0) is 24.7 Å². The van der Waals surface area contributed by atoms with Crippen LogP contribution >= 0.6 is 0 Å². The molecule has 1 aliphatic heterocycles. The summed E-state index contributed by atoms with van der Waals surface area (Å²) in [5, 5.41) is 3.02. The molecule has 4 heteroatoms. The van der Waals surface area contributed by atoms with Gasteiger partial charge in [-0.25, -0.2) is 0 Å². The Kier molecular flexibility index (Phi) is 5.01. The van der Waals surface area contributed by atoms with E-state index in [-0.39, 0.29) is 17.9 Å². The standard InChI is InChI=1S/C14H26N2O2/c1-10-3-2-4-11(7-10)5-6-16-14(17)12-8-18-9-13(12)15/h10-13H,2-9,15H2,1H3,(H,16,17). The van der Waals surface area contributed by atoms with Crippen molar-refractivity contribution in [3.63, 3.8) is 0 Å². The molecule has 0 aromatic carbocycles. The number of ether oxygens (including phenoxy) is 1. The van der Waals surface area contributed by atoms with Crippen LogP contribution in [-0.2, 0) is 9.53 Å². The Bertz CT molecular complexity index is 283. The minimum atomic E-state index is -0.143. The molecule has 4 atom stereocenters. The number of carbonyl (C=O) groups excluding carboxylic acids is 1. The summed E-state index contributed by atoms with van der Waals surface area (Å²) in [6, 6.07) is -0.125. The van der Waals surface area contributed by atoms with Gasteiger partial charge in [0.25, 0.3) is 0 Å². The number of nitrogens with one attached hydrogen (secondary N) is 1. The van der Waals surface area contributed by atoms with E-state index in [4.69, 9.17) is 10.5 Å². The van der Waals surface area contributed by atoms with Crippen LogP contribution in [-0.4, -0.2) is 31.7 Å². The smallest absolute Gasteiger partial charge is 0.227 e. The summed E-state index contributed by atoms with van der Waals surface area (Å²) in [4.78, 5) is 11.9. The fourth-order valence-corrected chi connectivity index (χ4v) is 3.19. The van der Waals surface area contributed by atoms with Crippen molar-refractivity contribution in [2.45, 2.75) is 45.1 Å². The molecule has 1 saturated heterocycles. The van der Waals surface area contributed by atoms with Gasteiger partial charge in [-0.1, -0.05) is 26.2 Å². The molecule has 2 rings (SSSR count). The topological polar surface area (TPSA) is 64.3 Å². The zero-order chi connectivity index (χ0) is 13.0. The molecular formula is C14H26N2O2. The highest BCUT2D eigenvalue weighted by Gasteiger charge is 2.31. The van der Waals surface area contributed by atoms with Crippen LogP contribution in [0.5, 0.6) is 0 Å². The molecule has 1 amide bonds. The molecule has 0 aromatic rings. The van der Waals surface area contributed by atoms with E-state index in [1.165, 1.54) is 25.7 Å². The third kappa shape index (κ3) is 3.69. The average Bonchev–Trinajstić information content (AvgIpc) is 2.75. The van der Waals surface area contributed by atoms with Gasteiger partial charge in [0.15, 0.2) is 0 Å². The fourth-order valence-electron chi connectivity index (χ4n) is 3.19. The normalized spacial score (nSPS) is 36.6. The van der Waals surface area contributed by atoms with Crippen LogP contribution in [0.2, 0.25) is 0 Å². The van der Waals surface area contributed by atoms with E-state index < -0.39 is 0 Å². The molecule has 1 saturated carbocycles. The van der Waals surface area contributed by atoms with Crippen molar-refractivity contribution in [1.29, 1.82) is 0 Å². The second kappa shape index (κ2) is 6.53. The van der Waals surface area contributed by atoms with Crippen molar-refractivity contribution < 1.29 is 9.53 Å². The lowest BCUT2D eigenvalue weighted by Gasteiger charge is -2.26. The number of rotatable bonds is 4. The van der Waals surface area contributed by atoms with Crippen LogP contribution < -0.4 is 11.1 Å². The molecule has 2 fully saturated rings. The van der Waals surface area contributed by atoms with Gasteiger partial charge in [0, 0.05) is 12.6 Å². The molecule has 4 unspecified atom stereocenters. The molecule has 1 heterocycles. The van der Waals surface area contributed by atoms with E-state index in [9.17, 15) is 4.79 Å². The quantitative estimate of drug-likeness (QED) is 0.794. The minimum absolute atomic E-state index is 0.0730. The second-order valence-electron chi connectivity index (χ2n) is 6.03. The minimum Gasteiger partial charge on any atom is -0.379 e. The Hall–Kier alpha value is -0.610. The van der Waals surface area contributed by atoms with Gasteiger partial charge in [-0.2, -0.15) is 0 Å². The van der Waals surface area contributed by atoms with Crippen molar-refractivity contribution >= 4 is 5.91 Å². The predicted molar refractivity (Wildman–Crippen MR) is 71.0 cm³/mol. The monoisotopic (exact) mass is 254 g/mol. The van der Waals surface area contributed by atoms with E-state index in [1.54, 1.807) is 0 Å². The van der Waals surface area contributed by atoms with Gasteiger partial charge >= 0.3 is 0 Å². The number of amides is 1. The lowest BCUT2D eigenvalue weighted by molar-refractivity contribution is -0.125. The Morgan fingerprint density at radius 2 is 2.22 bits per heavy atom. The molecule has 1 aliphatic carbocycles. The number of hydrogen-bond acceptors (Lipinski definition) is 3. The summed E-state index contributed by atoms with van der Waals surface area (Å²) in [5.41, 5.74) is 5.83. The van der Waals surface area contributed by atoms with Crippen LogP contribution in [0.1, 0.15) is 39.0 Å². The first-order chi connectivity index (χ1) is 8.66. The maximum Gasteiger partial charge on any atom is 0.227 e. The third-order valence-electron chi connectivity index (χ3n) is 4.36. The van der Waals surface area contributed by atoms with Crippen LogP contribution in [0.4, 0.5) is 0 Å². The number of nitrogens with two attached hydrogens (primary N) is 1. The van der Waals surface area contributed by atoms with Crippen molar-refractivity contribution in [3.05, 3.63) is 0 Å². The molecule has 18 heavy (non-hydrogen) atoms. The Morgan fingerprint density at radius 1 is 1.39 bits per heavy atom. The average molecular weight is 254 g/mol. The molecule has 3 N–H and O–H groups in total. The van der Waals surface area contributed by atoms with E-state index >= 15 is 0 Å². The first kappa shape index (κ1) is 13.8. The van der Waals surface area contributed by atoms with Gasteiger partial charge in [0.2, 0.25) is 5.91 Å². The summed E-state index contributed by atoms with van der Waals surface area (Å²) >= 11 is 0. The SMILES string of the molecule is CC1CCCC(CCNC(=O)C2COCC2N)C1. The molecule has 0 aromatic heterocycles. The molecule has 2 aliphatic rings. The van der Waals surface area contributed by atoms with E-state index in [0.717, 1.165) is 24.8 Å². The fraction of sp³-hybridized carbons (Fsp3) is 0.929. The molecule has 0 spiro atoms. The Morgan fingerprint density at radius 3 is 2.89 bits per heavy atom. The van der Waals surface area contributed by atoms with Crippen LogP contribution in [0.25, 0.3) is 0 Å². The predicted octanol–water partition coefficient (Wildman–Crippen LogP) is 1.29. The first-order valence-electron chi connectivity index (χ1n) is 7.28. The first-order valence-corrected chi connectivity index (χ1v) is 7.28. The van der Waals surface area contributed by atoms with Crippen molar-refractivity contribution in [2.24, 2.45) is 23.5 Å². The van der Waals surface area contributed by atoms with Gasteiger partial charge < -0.3 is 15.8 Å². The van der Waals surface area contributed by atoms with Crippen molar-refractivity contribution in [3.8, 4) is 0 Å². The molecule has 104 valence electrons. The van der Waals surface area contributed by atoms with E-state index in [1.807, 2.05) is 0 Å². The molecule has 0 bridgehead atoms.